The molecule has 0 fully saturated rings. The maximum absolute atomic E-state index is 10.9. The molecule has 0 spiro atoms. The molecule has 0 aliphatic rings. The molecule has 0 saturated heterocycles. The summed E-state index contributed by atoms with van der Waals surface area (Å²) in [4.78, 5) is 21.0. The van der Waals surface area contributed by atoms with Crippen LogP contribution in [0.25, 0.3) is 0 Å². The Labute approximate surface area is 178 Å². The summed E-state index contributed by atoms with van der Waals surface area (Å²) < 4.78 is 5.46. The lowest BCUT2D eigenvalue weighted by atomic mass is 9.91. The zero-order valence-electron chi connectivity index (χ0n) is 18.2. The number of benzene rings is 2. The average molecular weight is 417 g/mol. The smallest absolute Gasteiger partial charge is 0.275 e. The second-order valence-electron chi connectivity index (χ2n) is 6.88. The average Bonchev–Trinajstić information content (AvgIpc) is 2.76. The number of ether oxygens (including phenoxy) is 1. The maximum Gasteiger partial charge on any atom is 0.275 e. The lowest BCUT2D eigenvalue weighted by Crippen LogP contribution is -2.06. The molecule has 0 bridgehead atoms. The molecule has 7 heteroatoms. The molecule has 0 aliphatic carbocycles. The fraction of sp³-hybridized carbons (Fsp3) is 0.478. The van der Waals surface area contributed by atoms with Crippen LogP contribution in [0.3, 0.4) is 0 Å². The van der Waals surface area contributed by atoms with Crippen molar-refractivity contribution in [1.82, 2.24) is 0 Å². The summed E-state index contributed by atoms with van der Waals surface area (Å²) in [7, 11) is 0. The van der Waals surface area contributed by atoms with Gasteiger partial charge in [-0.05, 0) is 38.2 Å². The molecule has 0 heterocycles. The van der Waals surface area contributed by atoms with Gasteiger partial charge in [0.25, 0.3) is 11.4 Å². The fourth-order valence-electron chi connectivity index (χ4n) is 3.48. The van der Waals surface area contributed by atoms with Gasteiger partial charge < -0.3 is 4.74 Å². The SMILES string of the molecule is CCCC(CC)c1ccccc1[N+](=O)[O-].CCOC(CC)c1ccccc1[N+](=O)[O-]. The van der Waals surface area contributed by atoms with Crippen LogP contribution < -0.4 is 0 Å². The first-order valence-corrected chi connectivity index (χ1v) is 10.5. The van der Waals surface area contributed by atoms with Crippen LogP contribution in [-0.2, 0) is 4.74 Å². The van der Waals surface area contributed by atoms with Gasteiger partial charge in [-0.1, -0.05) is 57.5 Å². The van der Waals surface area contributed by atoms with Gasteiger partial charge in [0.1, 0.15) is 0 Å². The molecule has 7 nitrogen and oxygen atoms in total. The molecule has 164 valence electrons. The van der Waals surface area contributed by atoms with E-state index in [0.717, 1.165) is 31.2 Å². The van der Waals surface area contributed by atoms with Crippen LogP contribution in [0, 0.1) is 20.2 Å². The molecule has 2 aromatic carbocycles. The highest BCUT2D eigenvalue weighted by Gasteiger charge is 2.20. The van der Waals surface area contributed by atoms with Crippen molar-refractivity contribution in [3.05, 3.63) is 79.9 Å². The van der Waals surface area contributed by atoms with E-state index in [2.05, 4.69) is 13.8 Å². The van der Waals surface area contributed by atoms with Gasteiger partial charge in [0.15, 0.2) is 0 Å². The number of nitro groups is 2. The van der Waals surface area contributed by atoms with E-state index in [1.807, 2.05) is 26.0 Å². The second kappa shape index (κ2) is 13.4. The van der Waals surface area contributed by atoms with Gasteiger partial charge in [0.05, 0.1) is 21.5 Å². The van der Waals surface area contributed by atoms with Crippen LogP contribution >= 0.6 is 0 Å². The molecule has 0 saturated carbocycles. The third-order valence-corrected chi connectivity index (χ3v) is 4.92. The van der Waals surface area contributed by atoms with Crippen molar-refractivity contribution < 1.29 is 14.6 Å². The van der Waals surface area contributed by atoms with Gasteiger partial charge in [0.2, 0.25) is 0 Å². The molecule has 2 atom stereocenters. The number of nitrogens with zero attached hydrogens (tertiary/aromatic N) is 2. The molecule has 2 aromatic rings. The van der Waals surface area contributed by atoms with Gasteiger partial charge in [-0.2, -0.15) is 0 Å². The second-order valence-corrected chi connectivity index (χ2v) is 6.88. The topological polar surface area (TPSA) is 95.5 Å². The van der Waals surface area contributed by atoms with Crippen LogP contribution in [0.2, 0.25) is 0 Å². The lowest BCUT2D eigenvalue weighted by molar-refractivity contribution is -0.386. The van der Waals surface area contributed by atoms with Crippen LogP contribution in [0.15, 0.2) is 48.5 Å². The summed E-state index contributed by atoms with van der Waals surface area (Å²) in [5.74, 6) is 0.316. The van der Waals surface area contributed by atoms with Gasteiger partial charge in [-0.15, -0.1) is 0 Å². The molecular weight excluding hydrogens is 384 g/mol. The Morgan fingerprint density at radius 3 is 1.73 bits per heavy atom. The predicted octanol–water partition coefficient (Wildman–Crippen LogP) is 6.97. The minimum absolute atomic E-state index is 0.137. The highest BCUT2D eigenvalue weighted by molar-refractivity contribution is 5.42. The Morgan fingerprint density at radius 1 is 0.800 bits per heavy atom. The van der Waals surface area contributed by atoms with Crippen LogP contribution in [0.5, 0.6) is 0 Å². The Balaban J connectivity index is 0.000000300. The molecule has 0 aliphatic heterocycles. The first-order chi connectivity index (χ1) is 14.4. The molecule has 0 amide bonds. The number of nitro benzene ring substituents is 2. The summed E-state index contributed by atoms with van der Waals surface area (Å²) in [5.41, 5.74) is 1.94. The quantitative estimate of drug-likeness (QED) is 0.308. The Kier molecular flexibility index (Phi) is 11.3. The van der Waals surface area contributed by atoms with E-state index in [1.54, 1.807) is 30.3 Å². The molecule has 0 radical (unpaired) electrons. The highest BCUT2D eigenvalue weighted by Crippen LogP contribution is 2.32. The Bertz CT molecular complexity index is 742. The van der Waals surface area contributed by atoms with E-state index < -0.39 is 0 Å². The van der Waals surface area contributed by atoms with Crippen molar-refractivity contribution >= 4 is 11.4 Å². The zero-order chi connectivity index (χ0) is 22.5. The zero-order valence-corrected chi connectivity index (χ0v) is 18.2. The molecule has 0 aromatic heterocycles. The minimum Gasteiger partial charge on any atom is -0.374 e. The maximum atomic E-state index is 10.9. The minimum atomic E-state index is -0.364. The number of hydrogen-bond donors (Lipinski definition) is 0. The van der Waals surface area contributed by atoms with E-state index >= 15 is 0 Å². The normalized spacial score (nSPS) is 12.4. The number of hydrogen-bond acceptors (Lipinski definition) is 5. The van der Waals surface area contributed by atoms with Crippen molar-refractivity contribution in [2.24, 2.45) is 0 Å². The van der Waals surface area contributed by atoms with Gasteiger partial charge >= 0.3 is 0 Å². The molecule has 2 rings (SSSR count). The fourth-order valence-corrected chi connectivity index (χ4v) is 3.48. The van der Waals surface area contributed by atoms with E-state index in [0.29, 0.717) is 18.1 Å². The molecular formula is C23H32N2O5. The van der Waals surface area contributed by atoms with Crippen LogP contribution in [0.1, 0.15) is 76.5 Å². The Morgan fingerprint density at radius 2 is 1.30 bits per heavy atom. The van der Waals surface area contributed by atoms with E-state index in [-0.39, 0.29) is 27.3 Å². The molecule has 0 N–H and O–H groups in total. The van der Waals surface area contributed by atoms with Gasteiger partial charge in [-0.3, -0.25) is 20.2 Å². The molecule has 30 heavy (non-hydrogen) atoms. The number of para-hydroxylation sites is 2. The highest BCUT2D eigenvalue weighted by atomic mass is 16.6. The van der Waals surface area contributed by atoms with E-state index in [1.165, 1.54) is 6.07 Å². The Hall–Kier alpha value is -2.80. The van der Waals surface area contributed by atoms with Crippen molar-refractivity contribution in [2.75, 3.05) is 6.61 Å². The van der Waals surface area contributed by atoms with Crippen LogP contribution in [0.4, 0.5) is 11.4 Å². The summed E-state index contributed by atoms with van der Waals surface area (Å²) in [5, 5.41) is 21.6. The standard InChI is InChI=1S/C12H17NO2.C11H15NO3/c1-3-7-10(4-2)11-8-5-6-9-12(11)13(14)15;1-3-11(15-4-2)9-7-5-6-8-10(9)12(13)14/h5-6,8-10H,3-4,7H2,1-2H3;5-8,11H,3-4H2,1-2H3. The monoisotopic (exact) mass is 416 g/mol. The summed E-state index contributed by atoms with van der Waals surface area (Å²) >= 11 is 0. The van der Waals surface area contributed by atoms with E-state index in [4.69, 9.17) is 4.74 Å². The van der Waals surface area contributed by atoms with Crippen molar-refractivity contribution in [1.29, 1.82) is 0 Å². The van der Waals surface area contributed by atoms with Gasteiger partial charge in [-0.25, -0.2) is 0 Å². The van der Waals surface area contributed by atoms with Crippen molar-refractivity contribution in [2.45, 2.75) is 65.4 Å². The van der Waals surface area contributed by atoms with Crippen molar-refractivity contribution in [3.63, 3.8) is 0 Å². The van der Waals surface area contributed by atoms with Gasteiger partial charge in [0, 0.05) is 24.3 Å². The third-order valence-electron chi connectivity index (χ3n) is 4.92. The first kappa shape index (κ1) is 25.2. The van der Waals surface area contributed by atoms with Crippen molar-refractivity contribution in [3.8, 4) is 0 Å². The molecule has 2 unspecified atom stereocenters. The summed E-state index contributed by atoms with van der Waals surface area (Å²) in [6, 6.07) is 13.8. The summed E-state index contributed by atoms with van der Waals surface area (Å²) in [6.45, 7) is 8.59. The number of rotatable bonds is 10. The first-order valence-electron chi connectivity index (χ1n) is 10.5. The summed E-state index contributed by atoms with van der Waals surface area (Å²) in [6.07, 6.45) is 3.58. The van der Waals surface area contributed by atoms with Crippen LogP contribution in [-0.4, -0.2) is 16.5 Å². The predicted molar refractivity (Wildman–Crippen MR) is 119 cm³/mol. The lowest BCUT2D eigenvalue weighted by Gasteiger charge is -2.14. The third kappa shape index (κ3) is 7.22. The largest absolute Gasteiger partial charge is 0.374 e. The van der Waals surface area contributed by atoms with E-state index in [9.17, 15) is 20.2 Å².